The van der Waals surface area contributed by atoms with Gasteiger partial charge in [-0.3, -0.25) is 4.79 Å². The van der Waals surface area contributed by atoms with Crippen molar-refractivity contribution in [3.63, 3.8) is 0 Å². The lowest BCUT2D eigenvalue weighted by Gasteiger charge is -2.12. The average Bonchev–Trinajstić information content (AvgIpc) is 2.65. The van der Waals surface area contributed by atoms with Crippen molar-refractivity contribution < 1.29 is 14.3 Å². The molecule has 0 bridgehead atoms. The highest BCUT2D eigenvalue weighted by molar-refractivity contribution is 5.93. The summed E-state index contributed by atoms with van der Waals surface area (Å²) in [5.41, 5.74) is 1.16. The van der Waals surface area contributed by atoms with E-state index in [1.54, 1.807) is 36.9 Å². The van der Waals surface area contributed by atoms with Gasteiger partial charge in [-0.2, -0.15) is 0 Å². The number of nitrogens with zero attached hydrogens (tertiary/aromatic N) is 2. The van der Waals surface area contributed by atoms with Gasteiger partial charge in [0.15, 0.2) is 0 Å². The van der Waals surface area contributed by atoms with E-state index in [1.807, 2.05) is 24.3 Å². The highest BCUT2D eigenvalue weighted by atomic mass is 16.5. The summed E-state index contributed by atoms with van der Waals surface area (Å²) in [7, 11) is 1.61. The summed E-state index contributed by atoms with van der Waals surface area (Å²) in [6.45, 7) is 2.38. The van der Waals surface area contributed by atoms with Crippen LogP contribution in [0.5, 0.6) is 5.75 Å². The first-order valence-electron chi connectivity index (χ1n) is 7.92. The first-order valence-corrected chi connectivity index (χ1v) is 7.92. The summed E-state index contributed by atoms with van der Waals surface area (Å²) in [4.78, 5) is 29.0. The van der Waals surface area contributed by atoms with Gasteiger partial charge >= 0.3 is 5.97 Å². The van der Waals surface area contributed by atoms with Gasteiger partial charge in [0.1, 0.15) is 17.0 Å². The Bertz CT molecular complexity index is 961. The van der Waals surface area contributed by atoms with E-state index in [0.717, 1.165) is 11.3 Å². The smallest absolute Gasteiger partial charge is 0.343 e. The molecule has 25 heavy (non-hydrogen) atoms. The molecule has 0 saturated carbocycles. The van der Waals surface area contributed by atoms with Crippen molar-refractivity contribution in [2.24, 2.45) is 0 Å². The first kappa shape index (κ1) is 16.7. The second-order valence-corrected chi connectivity index (χ2v) is 5.44. The number of rotatable bonds is 5. The Kier molecular flexibility index (Phi) is 4.79. The molecule has 0 amide bonds. The first-order chi connectivity index (χ1) is 12.1. The summed E-state index contributed by atoms with van der Waals surface area (Å²) in [5.74, 6) is 0.139. The zero-order valence-corrected chi connectivity index (χ0v) is 14.1. The highest BCUT2D eigenvalue weighted by Gasteiger charge is 2.17. The van der Waals surface area contributed by atoms with Crippen molar-refractivity contribution in [3.8, 4) is 5.75 Å². The van der Waals surface area contributed by atoms with Crippen LogP contribution in [0.25, 0.3) is 11.0 Å². The molecule has 3 rings (SSSR count). The van der Waals surface area contributed by atoms with Crippen molar-refractivity contribution in [3.05, 3.63) is 70.1 Å². The van der Waals surface area contributed by atoms with E-state index in [4.69, 9.17) is 9.47 Å². The van der Waals surface area contributed by atoms with Crippen LogP contribution in [0.4, 0.5) is 0 Å². The van der Waals surface area contributed by atoms with E-state index >= 15 is 0 Å². The Balaban J connectivity index is 2.10. The third kappa shape index (κ3) is 3.38. The quantitative estimate of drug-likeness (QED) is 0.669. The Hall–Kier alpha value is -3.15. The summed E-state index contributed by atoms with van der Waals surface area (Å²) in [6, 6.07) is 10.9. The number of fused-ring (bicyclic) bond motifs is 1. The Morgan fingerprint density at radius 2 is 1.96 bits per heavy atom. The van der Waals surface area contributed by atoms with Crippen LogP contribution < -0.4 is 10.2 Å². The number of esters is 1. The number of carbonyl (C=O) groups is 1. The second kappa shape index (κ2) is 7.17. The zero-order valence-electron chi connectivity index (χ0n) is 14.1. The molecule has 0 fully saturated rings. The minimum atomic E-state index is -0.623. The molecule has 0 unspecified atom stereocenters. The predicted octanol–water partition coefficient (Wildman–Crippen LogP) is 2.63. The zero-order chi connectivity index (χ0) is 17.8. The number of pyridine rings is 2. The van der Waals surface area contributed by atoms with Gasteiger partial charge in [-0.15, -0.1) is 0 Å². The Morgan fingerprint density at radius 1 is 1.20 bits per heavy atom. The molecule has 1 aromatic carbocycles. The number of aromatic nitrogens is 2. The average molecular weight is 338 g/mol. The monoisotopic (exact) mass is 338 g/mol. The minimum Gasteiger partial charge on any atom is -0.497 e. The van der Waals surface area contributed by atoms with Crippen LogP contribution >= 0.6 is 0 Å². The molecule has 6 nitrogen and oxygen atoms in total. The number of hydrogen-bond donors (Lipinski definition) is 0. The van der Waals surface area contributed by atoms with Crippen LogP contribution in [-0.4, -0.2) is 29.2 Å². The molecule has 0 aliphatic carbocycles. The summed E-state index contributed by atoms with van der Waals surface area (Å²) in [6.07, 6.45) is 3.14. The molecule has 0 radical (unpaired) electrons. The molecule has 3 aromatic rings. The van der Waals surface area contributed by atoms with Gasteiger partial charge in [-0.1, -0.05) is 12.1 Å². The van der Waals surface area contributed by atoms with E-state index in [0.29, 0.717) is 17.6 Å². The third-order valence-electron chi connectivity index (χ3n) is 3.84. The number of ether oxygens (including phenoxy) is 2. The lowest BCUT2D eigenvalue weighted by Crippen LogP contribution is -2.21. The fourth-order valence-electron chi connectivity index (χ4n) is 2.63. The van der Waals surface area contributed by atoms with Gasteiger partial charge in [-0.25, -0.2) is 9.78 Å². The molecular formula is C19H18N2O4. The summed E-state index contributed by atoms with van der Waals surface area (Å²) < 4.78 is 11.9. The van der Waals surface area contributed by atoms with Gasteiger partial charge in [0.05, 0.1) is 19.1 Å². The van der Waals surface area contributed by atoms with E-state index in [-0.39, 0.29) is 17.6 Å². The molecule has 0 atom stereocenters. The Labute approximate surface area is 144 Å². The van der Waals surface area contributed by atoms with Gasteiger partial charge in [-0.05, 0) is 36.8 Å². The maximum atomic E-state index is 12.6. The van der Waals surface area contributed by atoms with Gasteiger partial charge in [0.25, 0.3) is 0 Å². The van der Waals surface area contributed by atoms with Gasteiger partial charge in [0.2, 0.25) is 5.43 Å². The standard InChI is InChI=1S/C19H18N2O4/c1-3-25-19(23)16-12-21(11-13-6-8-14(24-2)9-7-13)18-15(17(16)22)5-4-10-20-18/h4-10,12H,3,11H2,1-2H3. The van der Waals surface area contributed by atoms with Gasteiger partial charge in [0, 0.05) is 18.9 Å². The molecular weight excluding hydrogens is 320 g/mol. The normalized spacial score (nSPS) is 10.6. The van der Waals surface area contributed by atoms with Crippen molar-refractivity contribution in [1.29, 1.82) is 0 Å². The van der Waals surface area contributed by atoms with Crippen LogP contribution in [0.1, 0.15) is 22.8 Å². The summed E-state index contributed by atoms with van der Waals surface area (Å²) >= 11 is 0. The largest absolute Gasteiger partial charge is 0.497 e. The topological polar surface area (TPSA) is 70.4 Å². The van der Waals surface area contributed by atoms with Crippen molar-refractivity contribution in [1.82, 2.24) is 9.55 Å². The number of hydrogen-bond acceptors (Lipinski definition) is 5. The molecule has 128 valence electrons. The van der Waals surface area contributed by atoms with E-state index < -0.39 is 5.97 Å². The predicted molar refractivity (Wildman–Crippen MR) is 94.1 cm³/mol. The fraction of sp³-hybridized carbons (Fsp3) is 0.211. The van der Waals surface area contributed by atoms with E-state index in [2.05, 4.69) is 4.98 Å². The molecule has 2 heterocycles. The maximum absolute atomic E-state index is 12.6. The fourth-order valence-corrected chi connectivity index (χ4v) is 2.63. The Morgan fingerprint density at radius 3 is 2.64 bits per heavy atom. The third-order valence-corrected chi connectivity index (χ3v) is 3.84. The molecule has 0 aliphatic rings. The molecule has 0 saturated heterocycles. The molecule has 0 spiro atoms. The molecule has 0 N–H and O–H groups in total. The van der Waals surface area contributed by atoms with Crippen molar-refractivity contribution in [2.75, 3.05) is 13.7 Å². The second-order valence-electron chi connectivity index (χ2n) is 5.44. The highest BCUT2D eigenvalue weighted by Crippen LogP contribution is 2.15. The van der Waals surface area contributed by atoms with E-state index in [9.17, 15) is 9.59 Å². The summed E-state index contributed by atoms with van der Waals surface area (Å²) in [5, 5.41) is 0.390. The molecule has 6 heteroatoms. The van der Waals surface area contributed by atoms with E-state index in [1.165, 1.54) is 6.20 Å². The van der Waals surface area contributed by atoms with Crippen LogP contribution in [0.3, 0.4) is 0 Å². The van der Waals surface area contributed by atoms with Crippen LogP contribution in [0.2, 0.25) is 0 Å². The SMILES string of the molecule is CCOC(=O)c1cn(Cc2ccc(OC)cc2)c2ncccc2c1=O. The molecule has 2 aromatic heterocycles. The minimum absolute atomic E-state index is 0.0101. The van der Waals surface area contributed by atoms with Crippen LogP contribution in [-0.2, 0) is 11.3 Å². The maximum Gasteiger partial charge on any atom is 0.343 e. The van der Waals surface area contributed by atoms with Crippen molar-refractivity contribution in [2.45, 2.75) is 13.5 Å². The van der Waals surface area contributed by atoms with Gasteiger partial charge < -0.3 is 14.0 Å². The lowest BCUT2D eigenvalue weighted by atomic mass is 10.1. The number of carbonyl (C=O) groups excluding carboxylic acids is 1. The number of methoxy groups -OCH3 is 1. The number of benzene rings is 1. The van der Waals surface area contributed by atoms with Crippen LogP contribution in [0.15, 0.2) is 53.6 Å². The molecule has 0 aliphatic heterocycles. The van der Waals surface area contributed by atoms with Crippen molar-refractivity contribution >= 4 is 17.0 Å². The van der Waals surface area contributed by atoms with Crippen LogP contribution in [0, 0.1) is 0 Å². The lowest BCUT2D eigenvalue weighted by molar-refractivity contribution is 0.0524.